The zero-order valence-corrected chi connectivity index (χ0v) is 9.07. The number of hydrogen-bond donors (Lipinski definition) is 1. The molecule has 0 saturated carbocycles. The third kappa shape index (κ3) is 3.43. The lowest BCUT2D eigenvalue weighted by Crippen LogP contribution is -2.18. The Labute approximate surface area is 83.6 Å². The molecular weight excluding hydrogens is 182 g/mol. The van der Waals surface area contributed by atoms with Gasteiger partial charge in [-0.05, 0) is 27.7 Å². The van der Waals surface area contributed by atoms with E-state index in [-0.39, 0.29) is 11.6 Å². The van der Waals surface area contributed by atoms with Gasteiger partial charge < -0.3 is 15.0 Å². The van der Waals surface area contributed by atoms with Crippen LogP contribution in [0.2, 0.25) is 0 Å². The minimum atomic E-state index is -0.206. The van der Waals surface area contributed by atoms with Crippen LogP contribution >= 0.6 is 0 Å². The van der Waals surface area contributed by atoms with Crippen LogP contribution in [0.5, 0.6) is 0 Å². The highest BCUT2D eigenvalue weighted by atomic mass is 16.5. The Morgan fingerprint density at radius 1 is 1.50 bits per heavy atom. The Balaban J connectivity index is 2.52. The van der Waals surface area contributed by atoms with Gasteiger partial charge in [0, 0.05) is 0 Å². The van der Waals surface area contributed by atoms with Crippen LogP contribution in [0.15, 0.2) is 4.52 Å². The molecule has 0 fully saturated rings. The van der Waals surface area contributed by atoms with Gasteiger partial charge in [0.05, 0.1) is 11.6 Å². The van der Waals surface area contributed by atoms with Crippen molar-refractivity contribution in [1.82, 2.24) is 10.1 Å². The number of aromatic nitrogens is 2. The van der Waals surface area contributed by atoms with Crippen LogP contribution in [-0.2, 0) is 11.3 Å². The summed E-state index contributed by atoms with van der Waals surface area (Å²) in [6, 6.07) is -0.206. The van der Waals surface area contributed by atoms with Crippen LogP contribution in [0.4, 0.5) is 0 Å². The monoisotopic (exact) mass is 199 g/mol. The second kappa shape index (κ2) is 4.06. The first-order chi connectivity index (χ1) is 6.38. The molecule has 0 aliphatic heterocycles. The lowest BCUT2D eigenvalue weighted by atomic mass is 10.2. The van der Waals surface area contributed by atoms with Gasteiger partial charge in [-0.3, -0.25) is 0 Å². The lowest BCUT2D eigenvalue weighted by Gasteiger charge is -2.17. The fraction of sp³-hybridized carbons (Fsp3) is 0.778. The molecule has 0 saturated heterocycles. The molecule has 0 spiro atoms. The minimum absolute atomic E-state index is 0.205. The molecule has 0 aliphatic carbocycles. The molecule has 0 bridgehead atoms. The Hall–Kier alpha value is -0.940. The lowest BCUT2D eigenvalue weighted by molar-refractivity contribution is -0.0260. The number of nitrogens with zero attached hydrogens (tertiary/aromatic N) is 2. The molecular formula is C9H17N3O2. The van der Waals surface area contributed by atoms with E-state index in [1.165, 1.54) is 0 Å². The van der Waals surface area contributed by atoms with Crippen molar-refractivity contribution < 1.29 is 9.26 Å². The molecule has 1 unspecified atom stereocenters. The van der Waals surface area contributed by atoms with Crippen molar-refractivity contribution in [2.45, 2.75) is 45.9 Å². The fourth-order valence-corrected chi connectivity index (χ4v) is 0.790. The van der Waals surface area contributed by atoms with Gasteiger partial charge in [-0.1, -0.05) is 5.16 Å². The van der Waals surface area contributed by atoms with E-state index in [4.69, 9.17) is 15.0 Å². The first kappa shape index (κ1) is 11.1. The van der Waals surface area contributed by atoms with Crippen LogP contribution in [-0.4, -0.2) is 15.7 Å². The second-order valence-electron chi connectivity index (χ2n) is 4.24. The molecule has 80 valence electrons. The van der Waals surface area contributed by atoms with Crippen LogP contribution in [0.1, 0.15) is 45.5 Å². The molecule has 5 nitrogen and oxygen atoms in total. The average Bonchev–Trinajstić information content (AvgIpc) is 2.47. The van der Waals surface area contributed by atoms with Crippen LogP contribution in [0.3, 0.4) is 0 Å². The van der Waals surface area contributed by atoms with E-state index in [1.54, 1.807) is 6.92 Å². The Bertz CT molecular complexity index is 288. The molecule has 0 aliphatic rings. The Morgan fingerprint density at radius 2 is 2.14 bits per heavy atom. The van der Waals surface area contributed by atoms with E-state index in [0.29, 0.717) is 18.3 Å². The average molecular weight is 199 g/mol. The smallest absolute Gasteiger partial charge is 0.252 e. The summed E-state index contributed by atoms with van der Waals surface area (Å²) in [7, 11) is 0. The summed E-state index contributed by atoms with van der Waals surface area (Å²) in [4.78, 5) is 4.09. The van der Waals surface area contributed by atoms with E-state index in [2.05, 4.69) is 10.1 Å². The normalized spacial score (nSPS) is 14.4. The summed E-state index contributed by atoms with van der Waals surface area (Å²) in [5, 5.41) is 3.73. The topological polar surface area (TPSA) is 74.2 Å². The summed E-state index contributed by atoms with van der Waals surface area (Å²) in [6.45, 7) is 8.03. The van der Waals surface area contributed by atoms with Crippen molar-refractivity contribution in [3.8, 4) is 0 Å². The van der Waals surface area contributed by atoms with Crippen molar-refractivity contribution in [2.75, 3.05) is 0 Å². The molecule has 0 aromatic carbocycles. The molecule has 5 heteroatoms. The van der Waals surface area contributed by atoms with Gasteiger partial charge in [0.15, 0.2) is 5.82 Å². The minimum Gasteiger partial charge on any atom is -0.366 e. The summed E-state index contributed by atoms with van der Waals surface area (Å²) < 4.78 is 10.4. The third-order valence-corrected chi connectivity index (χ3v) is 1.52. The first-order valence-corrected chi connectivity index (χ1v) is 4.60. The van der Waals surface area contributed by atoms with Crippen molar-refractivity contribution in [3.05, 3.63) is 11.7 Å². The van der Waals surface area contributed by atoms with E-state index >= 15 is 0 Å². The SMILES string of the molecule is CC(N)c1noc(COC(C)(C)C)n1. The highest BCUT2D eigenvalue weighted by Crippen LogP contribution is 2.11. The van der Waals surface area contributed by atoms with Crippen LogP contribution in [0.25, 0.3) is 0 Å². The number of nitrogens with two attached hydrogens (primary N) is 1. The number of hydrogen-bond acceptors (Lipinski definition) is 5. The third-order valence-electron chi connectivity index (χ3n) is 1.52. The van der Waals surface area contributed by atoms with Gasteiger partial charge in [-0.25, -0.2) is 0 Å². The van der Waals surface area contributed by atoms with Gasteiger partial charge in [0.1, 0.15) is 6.61 Å². The molecule has 1 rings (SSSR count). The summed E-state index contributed by atoms with van der Waals surface area (Å²) in [5.74, 6) is 0.977. The molecule has 14 heavy (non-hydrogen) atoms. The van der Waals surface area contributed by atoms with E-state index < -0.39 is 0 Å². The van der Waals surface area contributed by atoms with Gasteiger partial charge in [-0.15, -0.1) is 0 Å². The maximum atomic E-state index is 5.58. The molecule has 0 radical (unpaired) electrons. The second-order valence-corrected chi connectivity index (χ2v) is 4.24. The van der Waals surface area contributed by atoms with Crippen molar-refractivity contribution >= 4 is 0 Å². The molecule has 1 heterocycles. The van der Waals surface area contributed by atoms with Gasteiger partial charge in [-0.2, -0.15) is 4.98 Å². The predicted octanol–water partition coefficient (Wildman–Crippen LogP) is 1.40. The molecule has 0 amide bonds. The standard InChI is InChI=1S/C9H17N3O2/c1-6(10)8-11-7(14-12-8)5-13-9(2,3)4/h6H,5,10H2,1-4H3. The Morgan fingerprint density at radius 3 is 2.57 bits per heavy atom. The van der Waals surface area contributed by atoms with Crippen molar-refractivity contribution in [1.29, 1.82) is 0 Å². The van der Waals surface area contributed by atoms with Crippen molar-refractivity contribution in [3.63, 3.8) is 0 Å². The predicted molar refractivity (Wildman–Crippen MR) is 51.4 cm³/mol. The maximum absolute atomic E-state index is 5.58. The van der Waals surface area contributed by atoms with E-state index in [0.717, 1.165) is 0 Å². The van der Waals surface area contributed by atoms with E-state index in [1.807, 2.05) is 20.8 Å². The van der Waals surface area contributed by atoms with Gasteiger partial charge >= 0.3 is 0 Å². The summed E-state index contributed by atoms with van der Waals surface area (Å²) in [5.41, 5.74) is 5.38. The zero-order chi connectivity index (χ0) is 10.8. The Kier molecular flexibility index (Phi) is 3.23. The van der Waals surface area contributed by atoms with Gasteiger partial charge in [0.2, 0.25) is 0 Å². The quantitative estimate of drug-likeness (QED) is 0.796. The number of rotatable bonds is 3. The number of ether oxygens (including phenoxy) is 1. The van der Waals surface area contributed by atoms with Crippen molar-refractivity contribution in [2.24, 2.45) is 5.73 Å². The highest BCUT2D eigenvalue weighted by molar-refractivity contribution is 4.90. The molecule has 1 atom stereocenters. The summed E-state index contributed by atoms with van der Waals surface area (Å²) in [6.07, 6.45) is 0. The van der Waals surface area contributed by atoms with E-state index in [9.17, 15) is 0 Å². The fourth-order valence-electron chi connectivity index (χ4n) is 0.790. The molecule has 1 aromatic rings. The van der Waals surface area contributed by atoms with Crippen LogP contribution < -0.4 is 5.73 Å². The summed E-state index contributed by atoms with van der Waals surface area (Å²) >= 11 is 0. The maximum Gasteiger partial charge on any atom is 0.252 e. The molecule has 1 aromatic heterocycles. The van der Waals surface area contributed by atoms with Crippen LogP contribution in [0, 0.1) is 0 Å². The highest BCUT2D eigenvalue weighted by Gasteiger charge is 2.14. The van der Waals surface area contributed by atoms with Gasteiger partial charge in [0.25, 0.3) is 5.89 Å². The largest absolute Gasteiger partial charge is 0.366 e. The zero-order valence-electron chi connectivity index (χ0n) is 9.07. The first-order valence-electron chi connectivity index (χ1n) is 4.60. The molecule has 2 N–H and O–H groups in total.